The maximum Gasteiger partial charge on any atom is 0.129 e. The highest BCUT2D eigenvalue weighted by molar-refractivity contribution is 5.32. The Morgan fingerprint density at radius 3 is 2.88 bits per heavy atom. The third kappa shape index (κ3) is 3.81. The average molecular weight is 328 g/mol. The van der Waals surface area contributed by atoms with Gasteiger partial charge in [-0.2, -0.15) is 10.4 Å². The number of aryl methyl sites for hydroxylation is 2. The second-order valence-electron chi connectivity index (χ2n) is 6.26. The SMILES string of the molecule is Cc1cc(C)n(C[C@H]2CN(Cc3ccc(C#N)cc3F)CCO2)n1. The Bertz CT molecular complexity index is 765. The van der Waals surface area contributed by atoms with Gasteiger partial charge in [0, 0.05) is 30.9 Å². The molecule has 2 aromatic rings. The first-order valence-corrected chi connectivity index (χ1v) is 8.08. The van der Waals surface area contributed by atoms with E-state index in [0.717, 1.165) is 24.5 Å². The molecule has 126 valence electrons. The number of nitrogens with zero attached hydrogens (tertiary/aromatic N) is 4. The molecule has 0 bridgehead atoms. The van der Waals surface area contributed by atoms with Crippen molar-refractivity contribution in [2.45, 2.75) is 33.0 Å². The molecule has 1 aromatic heterocycles. The van der Waals surface area contributed by atoms with E-state index in [1.807, 2.05) is 30.7 Å². The highest BCUT2D eigenvalue weighted by atomic mass is 19.1. The number of rotatable bonds is 4. The average Bonchev–Trinajstić information content (AvgIpc) is 2.87. The van der Waals surface area contributed by atoms with Crippen molar-refractivity contribution in [3.8, 4) is 6.07 Å². The van der Waals surface area contributed by atoms with Gasteiger partial charge in [-0.05, 0) is 32.0 Å². The summed E-state index contributed by atoms with van der Waals surface area (Å²) < 4.78 is 21.9. The van der Waals surface area contributed by atoms with E-state index < -0.39 is 0 Å². The van der Waals surface area contributed by atoms with E-state index >= 15 is 0 Å². The lowest BCUT2D eigenvalue weighted by atomic mass is 10.1. The van der Waals surface area contributed by atoms with Crippen LogP contribution in [-0.2, 0) is 17.8 Å². The van der Waals surface area contributed by atoms with Crippen LogP contribution in [0.1, 0.15) is 22.5 Å². The van der Waals surface area contributed by atoms with Crippen LogP contribution in [0.25, 0.3) is 0 Å². The monoisotopic (exact) mass is 328 g/mol. The highest BCUT2D eigenvalue weighted by Crippen LogP contribution is 2.16. The molecule has 0 saturated carbocycles. The summed E-state index contributed by atoms with van der Waals surface area (Å²) in [6.07, 6.45) is 0.0400. The minimum Gasteiger partial charge on any atom is -0.374 e. The van der Waals surface area contributed by atoms with Crippen molar-refractivity contribution in [1.29, 1.82) is 5.26 Å². The quantitative estimate of drug-likeness (QED) is 0.865. The van der Waals surface area contributed by atoms with Gasteiger partial charge in [-0.25, -0.2) is 4.39 Å². The Hall–Kier alpha value is -2.23. The summed E-state index contributed by atoms with van der Waals surface area (Å²) in [5.74, 6) is -0.323. The predicted molar refractivity (Wildman–Crippen MR) is 87.8 cm³/mol. The molecule has 0 aliphatic carbocycles. The summed E-state index contributed by atoms with van der Waals surface area (Å²) in [5.41, 5.74) is 3.08. The van der Waals surface area contributed by atoms with Gasteiger partial charge in [0.1, 0.15) is 5.82 Å². The highest BCUT2D eigenvalue weighted by Gasteiger charge is 2.22. The third-order valence-electron chi connectivity index (χ3n) is 4.28. The van der Waals surface area contributed by atoms with E-state index in [-0.39, 0.29) is 11.9 Å². The van der Waals surface area contributed by atoms with E-state index in [9.17, 15) is 4.39 Å². The van der Waals surface area contributed by atoms with E-state index in [0.29, 0.717) is 30.8 Å². The summed E-state index contributed by atoms with van der Waals surface area (Å²) in [6, 6.07) is 8.65. The zero-order valence-corrected chi connectivity index (χ0v) is 14.0. The van der Waals surface area contributed by atoms with Crippen molar-refractivity contribution in [2.75, 3.05) is 19.7 Å². The van der Waals surface area contributed by atoms with E-state index in [1.54, 1.807) is 12.1 Å². The molecule has 1 aliphatic rings. The molecule has 1 atom stereocenters. The summed E-state index contributed by atoms with van der Waals surface area (Å²) in [4.78, 5) is 2.18. The molecular weight excluding hydrogens is 307 g/mol. The number of aromatic nitrogens is 2. The molecule has 2 heterocycles. The lowest BCUT2D eigenvalue weighted by Gasteiger charge is -2.33. The van der Waals surface area contributed by atoms with Gasteiger partial charge in [0.25, 0.3) is 0 Å². The standard InChI is InChI=1S/C18H21FN4O/c1-13-7-14(2)23(21-13)12-17-11-22(5-6-24-17)10-16-4-3-15(9-20)8-18(16)19/h3-4,7-8,17H,5-6,10-12H2,1-2H3/t17-/m1/s1. The molecule has 0 spiro atoms. The topological polar surface area (TPSA) is 54.1 Å². The first-order valence-electron chi connectivity index (χ1n) is 8.08. The number of hydrogen-bond acceptors (Lipinski definition) is 4. The number of nitriles is 1. The van der Waals surface area contributed by atoms with Gasteiger partial charge < -0.3 is 4.74 Å². The Kier molecular flexibility index (Phi) is 4.93. The molecule has 1 fully saturated rings. The van der Waals surface area contributed by atoms with Crippen LogP contribution in [0.4, 0.5) is 4.39 Å². The van der Waals surface area contributed by atoms with E-state index in [4.69, 9.17) is 10.00 Å². The summed E-state index contributed by atoms with van der Waals surface area (Å²) in [5, 5.41) is 13.3. The summed E-state index contributed by atoms with van der Waals surface area (Å²) in [6.45, 7) is 7.37. The minimum atomic E-state index is -0.323. The molecule has 24 heavy (non-hydrogen) atoms. The Labute approximate surface area is 141 Å². The van der Waals surface area contributed by atoms with E-state index in [2.05, 4.69) is 10.00 Å². The van der Waals surface area contributed by atoms with Crippen LogP contribution in [0, 0.1) is 31.0 Å². The van der Waals surface area contributed by atoms with Gasteiger partial charge in [-0.1, -0.05) is 6.07 Å². The molecule has 6 heteroatoms. The van der Waals surface area contributed by atoms with Crippen molar-refractivity contribution >= 4 is 0 Å². The maximum atomic E-state index is 14.1. The first-order chi connectivity index (χ1) is 11.5. The van der Waals surface area contributed by atoms with Crippen LogP contribution in [0.5, 0.6) is 0 Å². The Morgan fingerprint density at radius 2 is 2.21 bits per heavy atom. The van der Waals surface area contributed by atoms with E-state index in [1.165, 1.54) is 6.07 Å². The number of morpholine rings is 1. The van der Waals surface area contributed by atoms with Crippen molar-refractivity contribution in [3.63, 3.8) is 0 Å². The zero-order valence-electron chi connectivity index (χ0n) is 14.0. The number of ether oxygens (including phenoxy) is 1. The molecule has 5 nitrogen and oxygen atoms in total. The van der Waals surface area contributed by atoms with Crippen LogP contribution in [0.2, 0.25) is 0 Å². The van der Waals surface area contributed by atoms with Gasteiger partial charge in [0.2, 0.25) is 0 Å². The second-order valence-corrected chi connectivity index (χ2v) is 6.26. The van der Waals surface area contributed by atoms with Crippen molar-refractivity contribution in [1.82, 2.24) is 14.7 Å². The van der Waals surface area contributed by atoms with Crippen LogP contribution >= 0.6 is 0 Å². The fraction of sp³-hybridized carbons (Fsp3) is 0.444. The third-order valence-corrected chi connectivity index (χ3v) is 4.28. The molecule has 3 rings (SSSR count). The fourth-order valence-corrected chi connectivity index (χ4v) is 3.07. The van der Waals surface area contributed by atoms with Crippen LogP contribution in [-0.4, -0.2) is 40.5 Å². The molecule has 0 N–H and O–H groups in total. The van der Waals surface area contributed by atoms with Crippen LogP contribution in [0.15, 0.2) is 24.3 Å². The molecule has 0 radical (unpaired) electrons. The molecule has 0 amide bonds. The molecular formula is C18H21FN4O. The van der Waals surface area contributed by atoms with Crippen LogP contribution < -0.4 is 0 Å². The number of halogens is 1. The zero-order chi connectivity index (χ0) is 17.1. The Morgan fingerprint density at radius 1 is 1.38 bits per heavy atom. The van der Waals surface area contributed by atoms with Gasteiger partial charge in [-0.15, -0.1) is 0 Å². The normalized spacial score (nSPS) is 18.5. The lowest BCUT2D eigenvalue weighted by Crippen LogP contribution is -2.44. The van der Waals surface area contributed by atoms with Gasteiger partial charge >= 0.3 is 0 Å². The predicted octanol–water partition coefficient (Wildman–Crippen LogP) is 2.41. The first kappa shape index (κ1) is 16.6. The second kappa shape index (κ2) is 7.12. The minimum absolute atomic E-state index is 0.0400. The Balaban J connectivity index is 1.63. The molecule has 1 aliphatic heterocycles. The van der Waals surface area contributed by atoms with Gasteiger partial charge in [0.05, 0.1) is 36.6 Å². The van der Waals surface area contributed by atoms with Crippen molar-refractivity contribution in [2.24, 2.45) is 0 Å². The molecule has 1 aromatic carbocycles. The number of benzene rings is 1. The van der Waals surface area contributed by atoms with Crippen LogP contribution in [0.3, 0.4) is 0 Å². The van der Waals surface area contributed by atoms with Crippen molar-refractivity contribution in [3.05, 3.63) is 52.6 Å². The van der Waals surface area contributed by atoms with Crippen molar-refractivity contribution < 1.29 is 9.13 Å². The number of hydrogen-bond donors (Lipinski definition) is 0. The fourth-order valence-electron chi connectivity index (χ4n) is 3.07. The van der Waals surface area contributed by atoms with Gasteiger partial charge in [-0.3, -0.25) is 9.58 Å². The molecule has 1 saturated heterocycles. The maximum absolute atomic E-state index is 14.1. The summed E-state index contributed by atoms with van der Waals surface area (Å²) in [7, 11) is 0. The lowest BCUT2D eigenvalue weighted by molar-refractivity contribution is -0.0407. The largest absolute Gasteiger partial charge is 0.374 e. The smallest absolute Gasteiger partial charge is 0.129 e. The summed E-state index contributed by atoms with van der Waals surface area (Å²) >= 11 is 0. The van der Waals surface area contributed by atoms with Gasteiger partial charge in [0.15, 0.2) is 0 Å². The molecule has 0 unspecified atom stereocenters.